The van der Waals surface area contributed by atoms with Crippen molar-refractivity contribution in [3.8, 4) is 0 Å². The summed E-state index contributed by atoms with van der Waals surface area (Å²) in [4.78, 5) is 22.1. The molecule has 0 bridgehead atoms. The molecule has 0 aliphatic carbocycles. The van der Waals surface area contributed by atoms with Crippen LogP contribution in [0.5, 0.6) is 0 Å². The van der Waals surface area contributed by atoms with Gasteiger partial charge in [-0.15, -0.1) is 0 Å². The number of nitrogens with two attached hydrogens (primary N) is 1. The highest BCUT2D eigenvalue weighted by Gasteiger charge is 2.23. The van der Waals surface area contributed by atoms with Crippen molar-refractivity contribution < 1.29 is 4.79 Å². The van der Waals surface area contributed by atoms with Crippen LogP contribution in [0, 0.1) is 0 Å². The van der Waals surface area contributed by atoms with E-state index in [2.05, 4.69) is 16.9 Å². The van der Waals surface area contributed by atoms with Crippen molar-refractivity contribution in [2.45, 2.75) is 32.2 Å². The van der Waals surface area contributed by atoms with Crippen LogP contribution in [-0.2, 0) is 17.6 Å². The van der Waals surface area contributed by atoms with Gasteiger partial charge in [0.15, 0.2) is 0 Å². The predicted molar refractivity (Wildman–Crippen MR) is 64.3 cm³/mol. The van der Waals surface area contributed by atoms with Gasteiger partial charge in [0.05, 0.1) is 6.42 Å². The van der Waals surface area contributed by atoms with Crippen LogP contribution in [0.15, 0.2) is 12.4 Å². The molecule has 1 aliphatic heterocycles. The zero-order valence-corrected chi connectivity index (χ0v) is 10.1. The molecule has 1 saturated heterocycles. The Labute approximate surface area is 101 Å². The summed E-state index contributed by atoms with van der Waals surface area (Å²) in [7, 11) is 0. The summed E-state index contributed by atoms with van der Waals surface area (Å²) < 4.78 is 0. The number of carbonyl (C=O) groups is 1. The second-order valence-corrected chi connectivity index (χ2v) is 4.43. The molecular weight excluding hydrogens is 216 g/mol. The van der Waals surface area contributed by atoms with Gasteiger partial charge in [-0.3, -0.25) is 4.79 Å². The largest absolute Gasteiger partial charge is 0.341 e. The Hall–Kier alpha value is -1.49. The Bertz CT molecular complexity index is 390. The molecule has 1 aromatic rings. The lowest BCUT2D eigenvalue weighted by atomic mass is 10.2. The van der Waals surface area contributed by atoms with E-state index in [0.29, 0.717) is 12.4 Å². The average molecular weight is 234 g/mol. The summed E-state index contributed by atoms with van der Waals surface area (Å²) >= 11 is 0. The van der Waals surface area contributed by atoms with E-state index in [1.54, 1.807) is 17.3 Å². The monoisotopic (exact) mass is 234 g/mol. The summed E-state index contributed by atoms with van der Waals surface area (Å²) in [5.74, 6) is 0.662. The summed E-state index contributed by atoms with van der Waals surface area (Å²) in [6, 6.07) is 0.127. The van der Waals surface area contributed by atoms with E-state index in [9.17, 15) is 4.79 Å². The smallest absolute Gasteiger partial charge is 0.230 e. The van der Waals surface area contributed by atoms with E-state index in [-0.39, 0.29) is 18.4 Å². The summed E-state index contributed by atoms with van der Waals surface area (Å²) in [6.07, 6.45) is 5.64. The van der Waals surface area contributed by atoms with Gasteiger partial charge in [0.1, 0.15) is 5.82 Å². The second kappa shape index (κ2) is 5.23. The Kier molecular flexibility index (Phi) is 3.68. The minimum Gasteiger partial charge on any atom is -0.341 e. The number of hydrogen-bond acceptors (Lipinski definition) is 4. The number of aryl methyl sites for hydroxylation is 1. The second-order valence-electron chi connectivity index (χ2n) is 4.43. The van der Waals surface area contributed by atoms with Crippen LogP contribution in [0.2, 0.25) is 0 Å². The van der Waals surface area contributed by atoms with Gasteiger partial charge in [0.25, 0.3) is 0 Å². The molecule has 2 heterocycles. The van der Waals surface area contributed by atoms with E-state index in [4.69, 9.17) is 5.73 Å². The first-order chi connectivity index (χ1) is 8.19. The third kappa shape index (κ3) is 3.00. The maximum absolute atomic E-state index is 11.9. The zero-order valence-electron chi connectivity index (χ0n) is 10.1. The van der Waals surface area contributed by atoms with Crippen molar-refractivity contribution in [3.63, 3.8) is 0 Å². The molecule has 0 saturated carbocycles. The third-order valence-corrected chi connectivity index (χ3v) is 3.05. The molecule has 1 fully saturated rings. The fraction of sp³-hybridized carbons (Fsp3) is 0.583. The van der Waals surface area contributed by atoms with Gasteiger partial charge < -0.3 is 10.6 Å². The number of hydrogen-bond donors (Lipinski definition) is 1. The molecule has 92 valence electrons. The standard InChI is InChI=1S/C12H18N4O/c1-2-9-6-14-11(15-7-9)5-12(17)16-4-3-10(13)8-16/h6-7,10H,2-5,8,13H2,1H3. The normalized spacial score (nSPS) is 19.6. The van der Waals surface area contributed by atoms with Crippen molar-refractivity contribution in [2.75, 3.05) is 13.1 Å². The fourth-order valence-electron chi connectivity index (χ4n) is 1.92. The van der Waals surface area contributed by atoms with Crippen LogP contribution in [0.3, 0.4) is 0 Å². The molecule has 1 unspecified atom stereocenters. The van der Waals surface area contributed by atoms with Crippen LogP contribution >= 0.6 is 0 Å². The van der Waals surface area contributed by atoms with Gasteiger partial charge in [-0.2, -0.15) is 0 Å². The third-order valence-electron chi connectivity index (χ3n) is 3.05. The molecule has 2 N–H and O–H groups in total. The average Bonchev–Trinajstić information content (AvgIpc) is 2.77. The van der Waals surface area contributed by atoms with Crippen LogP contribution in [0.4, 0.5) is 0 Å². The van der Waals surface area contributed by atoms with Gasteiger partial charge in [-0.25, -0.2) is 9.97 Å². The maximum Gasteiger partial charge on any atom is 0.230 e. The lowest BCUT2D eigenvalue weighted by Gasteiger charge is -2.14. The molecule has 1 atom stereocenters. The van der Waals surface area contributed by atoms with Crippen LogP contribution in [0.25, 0.3) is 0 Å². The Morgan fingerprint density at radius 2 is 2.24 bits per heavy atom. The molecule has 0 spiro atoms. The number of likely N-dealkylation sites (tertiary alicyclic amines) is 1. The highest BCUT2D eigenvalue weighted by atomic mass is 16.2. The Balaban J connectivity index is 1.93. The maximum atomic E-state index is 11.9. The number of amides is 1. The Morgan fingerprint density at radius 1 is 1.53 bits per heavy atom. The van der Waals surface area contributed by atoms with E-state index in [1.807, 2.05) is 0 Å². The van der Waals surface area contributed by atoms with Crippen LogP contribution < -0.4 is 5.73 Å². The fourth-order valence-corrected chi connectivity index (χ4v) is 1.92. The molecule has 5 heteroatoms. The van der Waals surface area contributed by atoms with Gasteiger partial charge in [-0.1, -0.05) is 6.92 Å². The highest BCUT2D eigenvalue weighted by molar-refractivity contribution is 5.78. The van der Waals surface area contributed by atoms with Crippen molar-refractivity contribution >= 4 is 5.91 Å². The highest BCUT2D eigenvalue weighted by Crippen LogP contribution is 2.08. The summed E-state index contributed by atoms with van der Waals surface area (Å²) in [5.41, 5.74) is 6.86. The topological polar surface area (TPSA) is 72.1 Å². The van der Waals surface area contributed by atoms with E-state index in [1.165, 1.54) is 0 Å². The van der Waals surface area contributed by atoms with Crippen molar-refractivity contribution in [2.24, 2.45) is 5.73 Å². The molecule has 1 amide bonds. The van der Waals surface area contributed by atoms with Crippen LogP contribution in [0.1, 0.15) is 24.7 Å². The number of rotatable bonds is 3. The lowest BCUT2D eigenvalue weighted by Crippen LogP contribution is -2.33. The van der Waals surface area contributed by atoms with E-state index in [0.717, 1.165) is 24.9 Å². The lowest BCUT2D eigenvalue weighted by molar-refractivity contribution is -0.129. The quantitative estimate of drug-likeness (QED) is 0.807. The van der Waals surface area contributed by atoms with Gasteiger partial charge in [-0.05, 0) is 18.4 Å². The van der Waals surface area contributed by atoms with Gasteiger partial charge in [0.2, 0.25) is 5.91 Å². The summed E-state index contributed by atoms with van der Waals surface area (Å²) in [6.45, 7) is 3.47. The molecule has 2 rings (SSSR count). The predicted octanol–water partition coefficient (Wildman–Crippen LogP) is 0.141. The SMILES string of the molecule is CCc1cnc(CC(=O)N2CCC(N)C2)nc1. The molecule has 0 aromatic carbocycles. The molecule has 17 heavy (non-hydrogen) atoms. The number of aromatic nitrogens is 2. The zero-order chi connectivity index (χ0) is 12.3. The minimum absolute atomic E-state index is 0.0715. The van der Waals surface area contributed by atoms with Crippen molar-refractivity contribution in [1.29, 1.82) is 0 Å². The van der Waals surface area contributed by atoms with Gasteiger partial charge in [0, 0.05) is 31.5 Å². The Morgan fingerprint density at radius 3 is 2.76 bits per heavy atom. The molecule has 0 radical (unpaired) electrons. The van der Waals surface area contributed by atoms with Crippen molar-refractivity contribution in [3.05, 3.63) is 23.8 Å². The van der Waals surface area contributed by atoms with Crippen LogP contribution in [-0.4, -0.2) is 39.9 Å². The molecule has 5 nitrogen and oxygen atoms in total. The van der Waals surface area contributed by atoms with Gasteiger partial charge >= 0.3 is 0 Å². The first kappa shape index (κ1) is 12.0. The summed E-state index contributed by atoms with van der Waals surface area (Å²) in [5, 5.41) is 0. The first-order valence-corrected chi connectivity index (χ1v) is 6.02. The van der Waals surface area contributed by atoms with E-state index >= 15 is 0 Å². The number of carbonyl (C=O) groups excluding carboxylic acids is 1. The minimum atomic E-state index is 0.0715. The van der Waals surface area contributed by atoms with Crippen molar-refractivity contribution in [1.82, 2.24) is 14.9 Å². The molecular formula is C12H18N4O. The molecule has 1 aromatic heterocycles. The first-order valence-electron chi connectivity index (χ1n) is 6.02. The number of nitrogens with zero attached hydrogens (tertiary/aromatic N) is 3. The molecule has 1 aliphatic rings. The van der Waals surface area contributed by atoms with E-state index < -0.39 is 0 Å².